The van der Waals surface area contributed by atoms with Crippen molar-refractivity contribution in [1.29, 1.82) is 0 Å². The van der Waals surface area contributed by atoms with E-state index in [0.29, 0.717) is 21.3 Å². The normalized spacial score (nSPS) is 15.2. The Kier molecular flexibility index (Phi) is 5.02. The number of carbonyl (C=O) groups is 2. The van der Waals surface area contributed by atoms with Crippen LogP contribution in [-0.4, -0.2) is 22.1 Å². The highest BCUT2D eigenvalue weighted by atomic mass is 35.5. The second kappa shape index (κ2) is 7.61. The Bertz CT molecular complexity index is 1070. The smallest absolute Gasteiger partial charge is 0.307 e. The van der Waals surface area contributed by atoms with Gasteiger partial charge in [-0.15, -0.1) is 10.2 Å². The Balaban J connectivity index is 1.38. The van der Waals surface area contributed by atoms with Crippen molar-refractivity contribution < 1.29 is 18.7 Å². The Labute approximate surface area is 169 Å². The van der Waals surface area contributed by atoms with Crippen molar-refractivity contribution in [2.45, 2.75) is 18.9 Å². The number of rotatable bonds is 5. The van der Waals surface area contributed by atoms with Gasteiger partial charge in [-0.25, -0.2) is 0 Å². The molecule has 1 N–H and O–H groups in total. The molecule has 1 aromatic heterocycles. The van der Waals surface area contributed by atoms with Gasteiger partial charge in [-0.3, -0.25) is 9.59 Å². The lowest BCUT2D eigenvalue weighted by molar-refractivity contribution is -0.147. The molecule has 1 aliphatic rings. The third-order valence-corrected chi connectivity index (χ3v) is 4.81. The van der Waals surface area contributed by atoms with E-state index in [9.17, 15) is 9.59 Å². The third-order valence-electron chi connectivity index (χ3n) is 4.27. The van der Waals surface area contributed by atoms with Crippen molar-refractivity contribution in [2.75, 3.05) is 5.32 Å². The van der Waals surface area contributed by atoms with Crippen LogP contribution < -0.4 is 5.32 Å². The van der Waals surface area contributed by atoms with Crippen LogP contribution in [0.15, 0.2) is 46.9 Å². The molecule has 2 aromatic carbocycles. The molecule has 28 heavy (non-hydrogen) atoms. The molecule has 7 nitrogen and oxygen atoms in total. The van der Waals surface area contributed by atoms with Gasteiger partial charge < -0.3 is 14.5 Å². The van der Waals surface area contributed by atoms with Gasteiger partial charge >= 0.3 is 5.97 Å². The SMILES string of the molecule is O=C(C[C@H]1C(=O)Nc2ccccc21)OCc1nnc(-c2ccc(Cl)cc2Cl)o1. The Morgan fingerprint density at radius 1 is 1.18 bits per heavy atom. The number of benzene rings is 2. The molecule has 3 aromatic rings. The summed E-state index contributed by atoms with van der Waals surface area (Å²) in [5, 5.41) is 11.3. The molecule has 0 unspecified atom stereocenters. The first-order valence-corrected chi connectivity index (χ1v) is 9.10. The van der Waals surface area contributed by atoms with Crippen LogP contribution in [0.25, 0.3) is 11.5 Å². The van der Waals surface area contributed by atoms with Crippen molar-refractivity contribution in [3.8, 4) is 11.5 Å². The summed E-state index contributed by atoms with van der Waals surface area (Å²) in [5.41, 5.74) is 2.02. The molecule has 0 radical (unpaired) electrons. The lowest BCUT2D eigenvalue weighted by atomic mass is 9.97. The van der Waals surface area contributed by atoms with E-state index in [1.807, 2.05) is 18.2 Å². The molecule has 0 bridgehead atoms. The van der Waals surface area contributed by atoms with Gasteiger partial charge in [0.05, 0.1) is 22.9 Å². The van der Waals surface area contributed by atoms with Crippen LogP contribution in [-0.2, 0) is 20.9 Å². The summed E-state index contributed by atoms with van der Waals surface area (Å²) in [6, 6.07) is 12.1. The van der Waals surface area contributed by atoms with E-state index in [1.165, 1.54) is 0 Å². The Morgan fingerprint density at radius 2 is 2.00 bits per heavy atom. The zero-order chi connectivity index (χ0) is 19.7. The van der Waals surface area contributed by atoms with Gasteiger partial charge in [0.25, 0.3) is 5.89 Å². The zero-order valence-corrected chi connectivity index (χ0v) is 15.8. The van der Waals surface area contributed by atoms with Crippen LogP contribution in [0.5, 0.6) is 0 Å². The van der Waals surface area contributed by atoms with Crippen LogP contribution in [0, 0.1) is 0 Å². The lowest BCUT2D eigenvalue weighted by Crippen LogP contribution is -2.17. The molecule has 0 saturated heterocycles. The van der Waals surface area contributed by atoms with E-state index >= 15 is 0 Å². The van der Waals surface area contributed by atoms with Crippen LogP contribution >= 0.6 is 23.2 Å². The summed E-state index contributed by atoms with van der Waals surface area (Å²) in [5.74, 6) is -1.03. The number of amides is 1. The van der Waals surface area contributed by atoms with Gasteiger partial charge in [-0.2, -0.15) is 0 Å². The van der Waals surface area contributed by atoms with Crippen molar-refractivity contribution in [3.63, 3.8) is 0 Å². The summed E-state index contributed by atoms with van der Waals surface area (Å²) in [7, 11) is 0. The van der Waals surface area contributed by atoms with E-state index < -0.39 is 11.9 Å². The zero-order valence-electron chi connectivity index (χ0n) is 14.3. The minimum atomic E-state index is -0.574. The van der Waals surface area contributed by atoms with Crippen LogP contribution in [0.1, 0.15) is 23.8 Å². The summed E-state index contributed by atoms with van der Waals surface area (Å²) < 4.78 is 10.7. The van der Waals surface area contributed by atoms with Crippen LogP contribution in [0.2, 0.25) is 10.0 Å². The maximum atomic E-state index is 12.2. The number of ether oxygens (including phenoxy) is 1. The largest absolute Gasteiger partial charge is 0.456 e. The first-order chi connectivity index (χ1) is 13.5. The molecule has 4 rings (SSSR count). The van der Waals surface area contributed by atoms with Gasteiger partial charge in [0.2, 0.25) is 11.8 Å². The molecule has 142 valence electrons. The van der Waals surface area contributed by atoms with Gasteiger partial charge in [-0.1, -0.05) is 41.4 Å². The first kappa shape index (κ1) is 18.5. The summed E-state index contributed by atoms with van der Waals surface area (Å²) in [6.45, 7) is -0.201. The van der Waals surface area contributed by atoms with E-state index in [-0.39, 0.29) is 30.7 Å². The molecule has 0 saturated carbocycles. The average Bonchev–Trinajstić information content (AvgIpc) is 3.25. The van der Waals surface area contributed by atoms with E-state index in [0.717, 1.165) is 5.56 Å². The summed E-state index contributed by atoms with van der Waals surface area (Å²) in [6.07, 6.45) is -0.0765. The number of anilines is 1. The van der Waals surface area contributed by atoms with E-state index in [2.05, 4.69) is 15.5 Å². The summed E-state index contributed by atoms with van der Waals surface area (Å²) >= 11 is 12.0. The highest BCUT2D eigenvalue weighted by Crippen LogP contribution is 2.34. The maximum absolute atomic E-state index is 12.2. The van der Waals surface area contributed by atoms with Gasteiger partial charge in [-0.05, 0) is 29.8 Å². The molecule has 0 spiro atoms. The summed E-state index contributed by atoms with van der Waals surface area (Å²) in [4.78, 5) is 24.2. The number of nitrogens with zero attached hydrogens (tertiary/aromatic N) is 2. The number of hydrogen-bond donors (Lipinski definition) is 1. The van der Waals surface area contributed by atoms with Gasteiger partial charge in [0, 0.05) is 10.7 Å². The molecule has 0 aliphatic carbocycles. The maximum Gasteiger partial charge on any atom is 0.307 e. The number of para-hydroxylation sites is 1. The monoisotopic (exact) mass is 417 g/mol. The molecular weight excluding hydrogens is 405 g/mol. The molecule has 1 atom stereocenters. The second-order valence-corrected chi connectivity index (χ2v) is 6.96. The predicted octanol–water partition coefficient (Wildman–Crippen LogP) is 4.21. The fourth-order valence-corrected chi connectivity index (χ4v) is 3.42. The van der Waals surface area contributed by atoms with Gasteiger partial charge in [0.1, 0.15) is 0 Å². The second-order valence-electron chi connectivity index (χ2n) is 6.12. The molecule has 1 amide bonds. The third kappa shape index (κ3) is 3.72. The molecule has 9 heteroatoms. The molecule has 0 fully saturated rings. The Hall–Kier alpha value is -2.90. The van der Waals surface area contributed by atoms with E-state index in [4.69, 9.17) is 32.4 Å². The minimum absolute atomic E-state index is 0.0765. The van der Waals surface area contributed by atoms with Crippen LogP contribution in [0.4, 0.5) is 5.69 Å². The van der Waals surface area contributed by atoms with Crippen molar-refractivity contribution >= 4 is 40.8 Å². The standard InChI is InChI=1S/C19H13Cl2N3O4/c20-10-5-6-12(14(21)7-10)19-24-23-16(28-19)9-27-17(25)8-13-11-3-1-2-4-15(11)22-18(13)26/h1-7,13H,8-9H2,(H,22,26)/t13-/m1/s1. The van der Waals surface area contributed by atoms with Gasteiger partial charge in [0.15, 0.2) is 6.61 Å². The predicted molar refractivity (Wildman–Crippen MR) is 102 cm³/mol. The lowest BCUT2D eigenvalue weighted by Gasteiger charge is -2.07. The van der Waals surface area contributed by atoms with Crippen molar-refractivity contribution in [3.05, 3.63) is 64.0 Å². The highest BCUT2D eigenvalue weighted by molar-refractivity contribution is 6.36. The number of hydrogen-bond acceptors (Lipinski definition) is 6. The Morgan fingerprint density at radius 3 is 2.82 bits per heavy atom. The fraction of sp³-hybridized carbons (Fsp3) is 0.158. The molecule has 2 heterocycles. The molecule has 1 aliphatic heterocycles. The first-order valence-electron chi connectivity index (χ1n) is 8.34. The van der Waals surface area contributed by atoms with E-state index in [1.54, 1.807) is 24.3 Å². The minimum Gasteiger partial charge on any atom is -0.456 e. The van der Waals surface area contributed by atoms with Crippen molar-refractivity contribution in [1.82, 2.24) is 10.2 Å². The topological polar surface area (TPSA) is 94.3 Å². The highest BCUT2D eigenvalue weighted by Gasteiger charge is 2.32. The number of fused-ring (bicyclic) bond motifs is 1. The molecular formula is C19H13Cl2N3O4. The fourth-order valence-electron chi connectivity index (χ4n) is 2.93. The number of aromatic nitrogens is 2. The van der Waals surface area contributed by atoms with Crippen LogP contribution in [0.3, 0.4) is 0 Å². The van der Waals surface area contributed by atoms with Crippen molar-refractivity contribution in [2.24, 2.45) is 0 Å². The number of carbonyl (C=O) groups excluding carboxylic acids is 2. The number of halogens is 2. The average molecular weight is 418 g/mol. The quantitative estimate of drug-likeness (QED) is 0.624. The number of esters is 1. The number of nitrogens with one attached hydrogen (secondary N) is 1.